The first kappa shape index (κ1) is 13.7. The van der Waals surface area contributed by atoms with Crippen LogP contribution in [-0.4, -0.2) is 42.3 Å². The molecule has 1 aliphatic heterocycles. The summed E-state index contributed by atoms with van der Waals surface area (Å²) in [5, 5.41) is 11.1. The standard InChI is InChI=1S/C16H16N6O/c1-11-15-18-14(12-5-3-2-4-6-12)20-22(15)10-9-21(11)16(23)13-7-8-17-19-13/h2-8,11H,9-10H2,1H3,(H,17,19)/t11-/m0/s1. The fraction of sp³-hybridized carbons (Fsp3) is 0.250. The summed E-state index contributed by atoms with van der Waals surface area (Å²) in [6.45, 7) is 3.21. The van der Waals surface area contributed by atoms with Crippen LogP contribution in [0.1, 0.15) is 29.3 Å². The van der Waals surface area contributed by atoms with Crippen LogP contribution in [0.3, 0.4) is 0 Å². The Hall–Kier alpha value is -2.96. The number of rotatable bonds is 2. The van der Waals surface area contributed by atoms with Gasteiger partial charge in [-0.3, -0.25) is 9.89 Å². The molecule has 1 aliphatic rings. The van der Waals surface area contributed by atoms with Crippen molar-refractivity contribution in [2.45, 2.75) is 19.5 Å². The molecule has 0 saturated heterocycles. The van der Waals surface area contributed by atoms with E-state index in [0.717, 1.165) is 11.4 Å². The van der Waals surface area contributed by atoms with E-state index >= 15 is 0 Å². The molecule has 7 heteroatoms. The van der Waals surface area contributed by atoms with E-state index in [2.05, 4.69) is 20.3 Å². The third kappa shape index (κ3) is 2.30. The largest absolute Gasteiger partial charge is 0.326 e. The molecule has 1 atom stereocenters. The first-order chi connectivity index (χ1) is 11.2. The Morgan fingerprint density at radius 3 is 2.78 bits per heavy atom. The predicted octanol–water partition coefficient (Wildman–Crippen LogP) is 1.89. The van der Waals surface area contributed by atoms with E-state index in [-0.39, 0.29) is 11.9 Å². The maximum Gasteiger partial charge on any atom is 0.272 e. The van der Waals surface area contributed by atoms with Gasteiger partial charge in [-0.15, -0.1) is 0 Å². The molecule has 3 aromatic rings. The van der Waals surface area contributed by atoms with E-state index in [1.54, 1.807) is 17.2 Å². The highest BCUT2D eigenvalue weighted by Crippen LogP contribution is 2.27. The van der Waals surface area contributed by atoms with Crippen molar-refractivity contribution >= 4 is 5.91 Å². The SMILES string of the molecule is C[C@H]1c2nc(-c3ccccc3)nn2CCN1C(=O)c1ccn[nH]1. The molecule has 0 aliphatic carbocycles. The molecule has 23 heavy (non-hydrogen) atoms. The number of aromatic amines is 1. The lowest BCUT2D eigenvalue weighted by molar-refractivity contribution is 0.0624. The zero-order valence-electron chi connectivity index (χ0n) is 12.7. The monoisotopic (exact) mass is 308 g/mol. The Balaban J connectivity index is 1.65. The second kappa shape index (κ2) is 5.35. The Morgan fingerprint density at radius 1 is 1.22 bits per heavy atom. The van der Waals surface area contributed by atoms with Crippen LogP contribution in [0.15, 0.2) is 42.6 Å². The molecule has 0 unspecified atom stereocenters. The molecule has 0 bridgehead atoms. The van der Waals surface area contributed by atoms with Gasteiger partial charge in [0, 0.05) is 18.3 Å². The highest BCUT2D eigenvalue weighted by atomic mass is 16.2. The number of H-pyrrole nitrogens is 1. The van der Waals surface area contributed by atoms with Crippen molar-refractivity contribution < 1.29 is 4.79 Å². The third-order valence-electron chi connectivity index (χ3n) is 4.12. The van der Waals surface area contributed by atoms with Gasteiger partial charge in [0.05, 0.1) is 12.6 Å². The Bertz CT molecular complexity index is 824. The molecule has 0 spiro atoms. The zero-order valence-corrected chi connectivity index (χ0v) is 12.7. The highest BCUT2D eigenvalue weighted by molar-refractivity contribution is 5.92. The third-order valence-corrected chi connectivity index (χ3v) is 4.12. The minimum absolute atomic E-state index is 0.0643. The van der Waals surface area contributed by atoms with Gasteiger partial charge >= 0.3 is 0 Å². The molecular weight excluding hydrogens is 292 g/mol. The average molecular weight is 308 g/mol. The number of amides is 1. The number of carbonyl (C=O) groups is 1. The first-order valence-electron chi connectivity index (χ1n) is 7.54. The van der Waals surface area contributed by atoms with Gasteiger partial charge in [0.25, 0.3) is 5.91 Å². The number of nitrogens with one attached hydrogen (secondary N) is 1. The summed E-state index contributed by atoms with van der Waals surface area (Å²) >= 11 is 0. The maximum atomic E-state index is 12.6. The van der Waals surface area contributed by atoms with Crippen molar-refractivity contribution in [1.29, 1.82) is 0 Å². The number of fused-ring (bicyclic) bond motifs is 1. The van der Waals surface area contributed by atoms with Gasteiger partial charge in [-0.2, -0.15) is 10.2 Å². The average Bonchev–Trinajstić information content (AvgIpc) is 3.25. The topological polar surface area (TPSA) is 79.7 Å². The lowest BCUT2D eigenvalue weighted by atomic mass is 10.2. The van der Waals surface area contributed by atoms with Crippen LogP contribution >= 0.6 is 0 Å². The van der Waals surface area contributed by atoms with Crippen molar-refractivity contribution in [3.63, 3.8) is 0 Å². The summed E-state index contributed by atoms with van der Waals surface area (Å²) in [5.74, 6) is 1.44. The molecule has 2 aromatic heterocycles. The molecule has 0 saturated carbocycles. The summed E-state index contributed by atoms with van der Waals surface area (Å²) < 4.78 is 1.89. The van der Waals surface area contributed by atoms with E-state index in [1.165, 1.54) is 0 Å². The van der Waals surface area contributed by atoms with Gasteiger partial charge in [0.2, 0.25) is 0 Å². The van der Waals surface area contributed by atoms with Gasteiger partial charge in [-0.25, -0.2) is 9.67 Å². The van der Waals surface area contributed by atoms with Gasteiger partial charge in [0.1, 0.15) is 11.5 Å². The van der Waals surface area contributed by atoms with E-state index in [4.69, 9.17) is 0 Å². The van der Waals surface area contributed by atoms with Gasteiger partial charge < -0.3 is 4.90 Å². The first-order valence-corrected chi connectivity index (χ1v) is 7.54. The number of carbonyl (C=O) groups excluding carboxylic acids is 1. The smallest absolute Gasteiger partial charge is 0.272 e. The fourth-order valence-corrected chi connectivity index (χ4v) is 2.88. The van der Waals surface area contributed by atoms with Gasteiger partial charge in [-0.05, 0) is 13.0 Å². The van der Waals surface area contributed by atoms with Crippen molar-refractivity contribution in [3.8, 4) is 11.4 Å². The number of aromatic nitrogens is 5. The zero-order chi connectivity index (χ0) is 15.8. The van der Waals surface area contributed by atoms with E-state index in [9.17, 15) is 4.79 Å². The molecule has 1 aromatic carbocycles. The lowest BCUT2D eigenvalue weighted by Gasteiger charge is -2.32. The normalized spacial score (nSPS) is 17.1. The van der Waals surface area contributed by atoms with Crippen LogP contribution < -0.4 is 0 Å². The van der Waals surface area contributed by atoms with Crippen molar-refractivity contribution in [1.82, 2.24) is 29.9 Å². The second-order valence-corrected chi connectivity index (χ2v) is 5.53. The number of hydrogen-bond acceptors (Lipinski definition) is 4. The molecule has 116 valence electrons. The minimum Gasteiger partial charge on any atom is -0.326 e. The van der Waals surface area contributed by atoms with Crippen LogP contribution in [0.4, 0.5) is 0 Å². The number of benzene rings is 1. The molecule has 4 rings (SSSR count). The van der Waals surface area contributed by atoms with E-state index in [1.807, 2.05) is 41.9 Å². The second-order valence-electron chi connectivity index (χ2n) is 5.53. The quantitative estimate of drug-likeness (QED) is 0.784. The Kier molecular flexibility index (Phi) is 3.18. The summed E-state index contributed by atoms with van der Waals surface area (Å²) in [6.07, 6.45) is 1.58. The maximum absolute atomic E-state index is 12.6. The van der Waals surface area contributed by atoms with Crippen molar-refractivity contribution in [3.05, 3.63) is 54.1 Å². The van der Waals surface area contributed by atoms with Crippen LogP contribution in [0.5, 0.6) is 0 Å². The molecule has 1 N–H and O–H groups in total. The Morgan fingerprint density at radius 2 is 2.04 bits per heavy atom. The molecular formula is C16H16N6O. The van der Waals surface area contributed by atoms with Gasteiger partial charge in [-0.1, -0.05) is 30.3 Å². The minimum atomic E-state index is -0.135. The Labute approximate surface area is 133 Å². The number of nitrogens with zero attached hydrogens (tertiary/aromatic N) is 5. The van der Waals surface area contributed by atoms with Crippen LogP contribution in [0.2, 0.25) is 0 Å². The van der Waals surface area contributed by atoms with Crippen LogP contribution in [0, 0.1) is 0 Å². The highest BCUT2D eigenvalue weighted by Gasteiger charge is 2.31. The summed E-state index contributed by atoms with van der Waals surface area (Å²) in [5.41, 5.74) is 1.47. The van der Waals surface area contributed by atoms with Crippen molar-refractivity contribution in [2.24, 2.45) is 0 Å². The van der Waals surface area contributed by atoms with Crippen LogP contribution in [-0.2, 0) is 6.54 Å². The summed E-state index contributed by atoms with van der Waals surface area (Å²) in [6, 6.07) is 11.4. The predicted molar refractivity (Wildman–Crippen MR) is 83.5 cm³/mol. The van der Waals surface area contributed by atoms with Crippen LogP contribution in [0.25, 0.3) is 11.4 Å². The summed E-state index contributed by atoms with van der Waals surface area (Å²) in [4.78, 5) is 19.0. The fourth-order valence-electron chi connectivity index (χ4n) is 2.88. The lowest BCUT2D eigenvalue weighted by Crippen LogP contribution is -2.41. The molecule has 7 nitrogen and oxygen atoms in total. The number of hydrogen-bond donors (Lipinski definition) is 1. The summed E-state index contributed by atoms with van der Waals surface area (Å²) in [7, 11) is 0. The molecule has 0 radical (unpaired) electrons. The van der Waals surface area contributed by atoms with E-state index in [0.29, 0.717) is 24.6 Å². The molecule has 0 fully saturated rings. The van der Waals surface area contributed by atoms with E-state index < -0.39 is 0 Å². The van der Waals surface area contributed by atoms with Gasteiger partial charge in [0.15, 0.2) is 5.82 Å². The van der Waals surface area contributed by atoms with Crippen molar-refractivity contribution in [2.75, 3.05) is 6.54 Å². The molecule has 1 amide bonds. The molecule has 3 heterocycles.